The number of aromatic amines is 1. The summed E-state index contributed by atoms with van der Waals surface area (Å²) in [5, 5.41) is 10.1. The maximum Gasteiger partial charge on any atom is 0.0688 e. The van der Waals surface area contributed by atoms with Crippen molar-refractivity contribution in [3.05, 3.63) is 35.5 Å². The smallest absolute Gasteiger partial charge is 0.0688 e. The van der Waals surface area contributed by atoms with E-state index in [2.05, 4.69) is 4.98 Å². The minimum Gasteiger partial charge on any atom is -0.392 e. The van der Waals surface area contributed by atoms with E-state index in [1.54, 1.807) is 0 Å². The van der Waals surface area contributed by atoms with Gasteiger partial charge in [-0.3, -0.25) is 0 Å². The molecule has 0 aliphatic rings. The lowest BCUT2D eigenvalue weighted by atomic mass is 10.1. The highest BCUT2D eigenvalue weighted by atomic mass is 16.3. The van der Waals surface area contributed by atoms with Crippen LogP contribution in [0.2, 0.25) is 0 Å². The quantitative estimate of drug-likeness (QED) is 0.642. The van der Waals surface area contributed by atoms with E-state index in [-0.39, 0.29) is 6.61 Å². The Morgan fingerprint density at radius 1 is 1.38 bits per heavy atom. The Morgan fingerprint density at radius 3 is 2.92 bits per heavy atom. The third-order valence-corrected chi connectivity index (χ3v) is 2.20. The molecule has 0 aliphatic carbocycles. The van der Waals surface area contributed by atoms with Crippen LogP contribution in [-0.2, 0) is 13.2 Å². The predicted octanol–water partition coefficient (Wildman–Crippen LogP) is 1.12. The van der Waals surface area contributed by atoms with Crippen molar-refractivity contribution in [1.82, 2.24) is 4.98 Å². The number of rotatable bonds is 2. The van der Waals surface area contributed by atoms with Crippen molar-refractivity contribution >= 4 is 10.9 Å². The molecule has 1 heterocycles. The molecule has 0 radical (unpaired) electrons. The van der Waals surface area contributed by atoms with Crippen LogP contribution in [0, 0.1) is 0 Å². The standard InChI is InChI=1S/C10H12N2O/c11-5-8-4-9-7(6-13)2-1-3-10(9)12-8/h1-4,12-13H,5-6,11H2. The van der Waals surface area contributed by atoms with Crippen molar-refractivity contribution in [2.45, 2.75) is 13.2 Å². The van der Waals surface area contributed by atoms with Gasteiger partial charge in [-0.2, -0.15) is 0 Å². The first-order chi connectivity index (χ1) is 6.35. The van der Waals surface area contributed by atoms with Crippen LogP contribution in [0.25, 0.3) is 10.9 Å². The molecule has 0 atom stereocenters. The highest BCUT2D eigenvalue weighted by molar-refractivity contribution is 5.83. The van der Waals surface area contributed by atoms with Crippen LogP contribution in [0.5, 0.6) is 0 Å². The second-order valence-corrected chi connectivity index (χ2v) is 3.04. The second-order valence-electron chi connectivity index (χ2n) is 3.04. The first-order valence-electron chi connectivity index (χ1n) is 4.25. The number of nitrogens with one attached hydrogen (secondary N) is 1. The maximum atomic E-state index is 9.07. The van der Waals surface area contributed by atoms with Crippen LogP contribution < -0.4 is 5.73 Å². The minimum absolute atomic E-state index is 0.0687. The van der Waals surface area contributed by atoms with Crippen LogP contribution >= 0.6 is 0 Å². The fourth-order valence-electron chi connectivity index (χ4n) is 1.52. The summed E-state index contributed by atoms with van der Waals surface area (Å²) in [4.78, 5) is 3.18. The summed E-state index contributed by atoms with van der Waals surface area (Å²) in [7, 11) is 0. The highest BCUT2D eigenvalue weighted by Gasteiger charge is 2.02. The molecule has 0 aliphatic heterocycles. The molecule has 0 bridgehead atoms. The van der Waals surface area contributed by atoms with E-state index < -0.39 is 0 Å². The van der Waals surface area contributed by atoms with Gasteiger partial charge in [-0.1, -0.05) is 12.1 Å². The third kappa shape index (κ3) is 1.32. The highest BCUT2D eigenvalue weighted by Crippen LogP contribution is 2.19. The van der Waals surface area contributed by atoms with Gasteiger partial charge in [0.1, 0.15) is 0 Å². The van der Waals surface area contributed by atoms with Gasteiger partial charge in [0.15, 0.2) is 0 Å². The average Bonchev–Trinajstić information content (AvgIpc) is 2.59. The van der Waals surface area contributed by atoms with Gasteiger partial charge in [-0.05, 0) is 17.7 Å². The van der Waals surface area contributed by atoms with Crippen molar-refractivity contribution in [2.75, 3.05) is 0 Å². The summed E-state index contributed by atoms with van der Waals surface area (Å²) in [5.41, 5.74) is 8.48. The molecule has 3 nitrogen and oxygen atoms in total. The minimum atomic E-state index is 0.0687. The lowest BCUT2D eigenvalue weighted by Gasteiger charge is -1.96. The molecule has 68 valence electrons. The number of H-pyrrole nitrogens is 1. The Hall–Kier alpha value is -1.32. The Balaban J connectivity index is 2.67. The molecule has 0 fully saturated rings. The summed E-state index contributed by atoms with van der Waals surface area (Å²) < 4.78 is 0. The lowest BCUT2D eigenvalue weighted by Crippen LogP contribution is -1.94. The predicted molar refractivity (Wildman–Crippen MR) is 52.1 cm³/mol. The van der Waals surface area contributed by atoms with Gasteiger partial charge in [0.05, 0.1) is 6.61 Å². The Labute approximate surface area is 76.2 Å². The van der Waals surface area contributed by atoms with Crippen molar-refractivity contribution in [3.63, 3.8) is 0 Å². The number of nitrogens with two attached hydrogens (primary N) is 1. The van der Waals surface area contributed by atoms with Gasteiger partial charge >= 0.3 is 0 Å². The zero-order valence-corrected chi connectivity index (χ0v) is 7.25. The fraction of sp³-hybridized carbons (Fsp3) is 0.200. The van der Waals surface area contributed by atoms with E-state index in [0.717, 1.165) is 22.2 Å². The van der Waals surface area contributed by atoms with Crippen LogP contribution in [0.1, 0.15) is 11.3 Å². The van der Waals surface area contributed by atoms with Gasteiger partial charge in [-0.25, -0.2) is 0 Å². The molecular weight excluding hydrogens is 164 g/mol. The molecule has 4 N–H and O–H groups in total. The SMILES string of the molecule is NCc1cc2c(CO)cccc2[nH]1. The Kier molecular flexibility index (Phi) is 2.04. The summed E-state index contributed by atoms with van der Waals surface area (Å²) in [6.45, 7) is 0.568. The molecule has 0 unspecified atom stereocenters. The normalized spacial score (nSPS) is 10.9. The summed E-state index contributed by atoms with van der Waals surface area (Å²) in [5.74, 6) is 0. The van der Waals surface area contributed by atoms with Crippen molar-refractivity contribution < 1.29 is 5.11 Å². The summed E-state index contributed by atoms with van der Waals surface area (Å²) in [6.07, 6.45) is 0. The van der Waals surface area contributed by atoms with Gasteiger partial charge in [-0.15, -0.1) is 0 Å². The van der Waals surface area contributed by atoms with E-state index in [1.165, 1.54) is 0 Å². The van der Waals surface area contributed by atoms with Gasteiger partial charge < -0.3 is 15.8 Å². The van der Waals surface area contributed by atoms with Gasteiger partial charge in [0, 0.05) is 23.1 Å². The maximum absolute atomic E-state index is 9.07. The first-order valence-corrected chi connectivity index (χ1v) is 4.25. The number of hydrogen-bond acceptors (Lipinski definition) is 2. The molecule has 3 heteroatoms. The van der Waals surface area contributed by atoms with Crippen molar-refractivity contribution in [2.24, 2.45) is 5.73 Å². The number of aromatic nitrogens is 1. The van der Waals surface area contributed by atoms with E-state index in [0.29, 0.717) is 6.54 Å². The molecule has 2 aromatic rings. The van der Waals surface area contributed by atoms with Crippen LogP contribution in [0.4, 0.5) is 0 Å². The van der Waals surface area contributed by atoms with E-state index in [4.69, 9.17) is 10.8 Å². The number of fused-ring (bicyclic) bond motifs is 1. The summed E-state index contributed by atoms with van der Waals surface area (Å²) >= 11 is 0. The van der Waals surface area contributed by atoms with Crippen molar-refractivity contribution in [3.8, 4) is 0 Å². The number of hydrogen-bond donors (Lipinski definition) is 3. The number of aliphatic hydroxyl groups excluding tert-OH is 1. The molecule has 0 spiro atoms. The largest absolute Gasteiger partial charge is 0.392 e. The van der Waals surface area contributed by atoms with Crippen LogP contribution in [0.3, 0.4) is 0 Å². The Bertz CT molecular complexity index is 420. The van der Waals surface area contributed by atoms with E-state index in [1.807, 2.05) is 24.3 Å². The molecular formula is C10H12N2O. The average molecular weight is 176 g/mol. The third-order valence-electron chi connectivity index (χ3n) is 2.20. The molecule has 0 saturated carbocycles. The monoisotopic (exact) mass is 176 g/mol. The molecule has 1 aromatic carbocycles. The molecule has 13 heavy (non-hydrogen) atoms. The topological polar surface area (TPSA) is 62.0 Å². The van der Waals surface area contributed by atoms with Crippen LogP contribution in [0.15, 0.2) is 24.3 Å². The number of benzene rings is 1. The lowest BCUT2D eigenvalue weighted by molar-refractivity contribution is 0.283. The fourth-order valence-corrected chi connectivity index (χ4v) is 1.52. The molecule has 1 aromatic heterocycles. The molecule has 2 rings (SSSR count). The van der Waals surface area contributed by atoms with Crippen molar-refractivity contribution in [1.29, 1.82) is 0 Å². The van der Waals surface area contributed by atoms with Gasteiger partial charge in [0.25, 0.3) is 0 Å². The Morgan fingerprint density at radius 2 is 2.23 bits per heavy atom. The van der Waals surface area contributed by atoms with E-state index >= 15 is 0 Å². The zero-order chi connectivity index (χ0) is 9.26. The summed E-state index contributed by atoms with van der Waals surface area (Å²) in [6, 6.07) is 7.80. The van der Waals surface area contributed by atoms with Crippen LogP contribution in [-0.4, -0.2) is 10.1 Å². The molecule has 0 saturated heterocycles. The second kappa shape index (κ2) is 3.20. The number of aliphatic hydroxyl groups is 1. The first kappa shape index (κ1) is 8.29. The van der Waals surface area contributed by atoms with Gasteiger partial charge in [0.2, 0.25) is 0 Å². The zero-order valence-electron chi connectivity index (χ0n) is 7.25. The molecule has 0 amide bonds. The van der Waals surface area contributed by atoms with E-state index in [9.17, 15) is 0 Å².